The summed E-state index contributed by atoms with van der Waals surface area (Å²) in [5.74, 6) is -0.230. The van der Waals surface area contributed by atoms with Crippen LogP contribution in [0.25, 0.3) is 0 Å². The molecule has 5 heteroatoms. The number of nitrogens with one attached hydrogen (secondary N) is 1. The molecular weight excluding hydrogens is 246 g/mol. The van der Waals surface area contributed by atoms with Gasteiger partial charge in [-0.25, -0.2) is 4.79 Å². The zero-order valence-electron chi connectivity index (χ0n) is 11.1. The predicted molar refractivity (Wildman–Crippen MR) is 70.5 cm³/mol. The fourth-order valence-corrected chi connectivity index (χ4v) is 1.58. The van der Waals surface area contributed by atoms with Crippen LogP contribution in [0.2, 0.25) is 0 Å². The lowest BCUT2D eigenvalue weighted by atomic mass is 10.1. The van der Waals surface area contributed by atoms with Gasteiger partial charge >= 0.3 is 6.09 Å². The third-order valence-electron chi connectivity index (χ3n) is 2.66. The number of ether oxygens (including phenoxy) is 1. The second-order valence-corrected chi connectivity index (χ2v) is 4.24. The van der Waals surface area contributed by atoms with Gasteiger partial charge in [0.05, 0.1) is 6.10 Å². The van der Waals surface area contributed by atoms with Gasteiger partial charge in [0.2, 0.25) is 0 Å². The van der Waals surface area contributed by atoms with E-state index in [2.05, 4.69) is 5.32 Å². The zero-order chi connectivity index (χ0) is 14.3. The molecule has 104 valence electrons. The molecule has 0 aliphatic rings. The zero-order valence-corrected chi connectivity index (χ0v) is 11.1. The number of Topliss-reactive ketones (excluding diaryl/α,β-unsaturated/α-hetero) is 1. The van der Waals surface area contributed by atoms with Crippen LogP contribution in [-0.2, 0) is 16.1 Å². The fraction of sp³-hybridized carbons (Fsp3) is 0.429. The van der Waals surface area contributed by atoms with Gasteiger partial charge in [-0.15, -0.1) is 0 Å². The van der Waals surface area contributed by atoms with E-state index in [-0.39, 0.29) is 18.8 Å². The highest BCUT2D eigenvalue weighted by molar-refractivity contribution is 5.87. The lowest BCUT2D eigenvalue weighted by molar-refractivity contribution is -0.123. The van der Waals surface area contributed by atoms with Crippen molar-refractivity contribution in [3.63, 3.8) is 0 Å². The molecule has 0 radical (unpaired) electrons. The van der Waals surface area contributed by atoms with Gasteiger partial charge in [0.25, 0.3) is 0 Å². The first-order chi connectivity index (χ1) is 9.04. The van der Waals surface area contributed by atoms with E-state index in [1.54, 1.807) is 6.92 Å². The Labute approximate surface area is 112 Å². The summed E-state index contributed by atoms with van der Waals surface area (Å²) < 4.78 is 4.99. The quantitative estimate of drug-likeness (QED) is 0.820. The van der Waals surface area contributed by atoms with Crippen molar-refractivity contribution in [1.29, 1.82) is 0 Å². The Hall–Kier alpha value is -1.88. The van der Waals surface area contributed by atoms with E-state index in [1.807, 2.05) is 30.3 Å². The first kappa shape index (κ1) is 15.2. The molecule has 0 aliphatic carbocycles. The highest BCUT2D eigenvalue weighted by Crippen LogP contribution is 2.02. The molecule has 0 aromatic heterocycles. The average Bonchev–Trinajstić information content (AvgIpc) is 2.42. The molecule has 1 rings (SSSR count). The number of amides is 1. The second-order valence-electron chi connectivity index (χ2n) is 4.24. The first-order valence-corrected chi connectivity index (χ1v) is 6.22. The number of carbonyl (C=O) groups excluding carboxylic acids is 2. The van der Waals surface area contributed by atoms with E-state index in [0.29, 0.717) is 0 Å². The van der Waals surface area contributed by atoms with Crippen molar-refractivity contribution >= 4 is 11.9 Å². The maximum atomic E-state index is 11.6. The van der Waals surface area contributed by atoms with Crippen LogP contribution in [0.5, 0.6) is 0 Å². The third kappa shape index (κ3) is 5.09. The standard InChI is InChI=1S/C14H19NO4/c1-3-12(17)13(10(2)16)15-14(18)19-9-11-7-5-4-6-8-11/h4-8,10,13,16H,3,9H2,1-2H3,(H,15,18). The minimum atomic E-state index is -0.947. The molecule has 0 bridgehead atoms. The van der Waals surface area contributed by atoms with Crippen LogP contribution >= 0.6 is 0 Å². The largest absolute Gasteiger partial charge is 0.445 e. The van der Waals surface area contributed by atoms with Crippen molar-refractivity contribution in [3.8, 4) is 0 Å². The smallest absolute Gasteiger partial charge is 0.408 e. The molecule has 2 N–H and O–H groups in total. The van der Waals surface area contributed by atoms with E-state index in [0.717, 1.165) is 5.56 Å². The molecule has 2 atom stereocenters. The molecule has 5 nitrogen and oxygen atoms in total. The molecule has 19 heavy (non-hydrogen) atoms. The van der Waals surface area contributed by atoms with Gasteiger partial charge < -0.3 is 15.2 Å². The van der Waals surface area contributed by atoms with E-state index in [4.69, 9.17) is 4.74 Å². The molecule has 0 saturated carbocycles. The second kappa shape index (κ2) is 7.53. The molecule has 1 aromatic rings. The van der Waals surface area contributed by atoms with Crippen molar-refractivity contribution in [1.82, 2.24) is 5.32 Å². The Kier molecular flexibility index (Phi) is 6.02. The molecule has 0 spiro atoms. The summed E-state index contributed by atoms with van der Waals surface area (Å²) >= 11 is 0. The van der Waals surface area contributed by atoms with Crippen LogP contribution in [0.15, 0.2) is 30.3 Å². The molecule has 1 amide bonds. The van der Waals surface area contributed by atoms with Crippen molar-refractivity contribution in [3.05, 3.63) is 35.9 Å². The van der Waals surface area contributed by atoms with Gasteiger partial charge in [0, 0.05) is 6.42 Å². The number of benzene rings is 1. The van der Waals surface area contributed by atoms with E-state index < -0.39 is 18.2 Å². The van der Waals surface area contributed by atoms with E-state index >= 15 is 0 Å². The molecule has 0 saturated heterocycles. The van der Waals surface area contributed by atoms with E-state index in [9.17, 15) is 14.7 Å². The van der Waals surface area contributed by atoms with Gasteiger partial charge in [0.15, 0.2) is 5.78 Å². The maximum absolute atomic E-state index is 11.6. The Balaban J connectivity index is 2.47. The van der Waals surface area contributed by atoms with Crippen molar-refractivity contribution in [2.75, 3.05) is 0 Å². The number of alkyl carbamates (subject to hydrolysis) is 1. The van der Waals surface area contributed by atoms with Gasteiger partial charge in [0.1, 0.15) is 12.6 Å². The average molecular weight is 265 g/mol. The van der Waals surface area contributed by atoms with E-state index in [1.165, 1.54) is 6.92 Å². The normalized spacial score (nSPS) is 13.4. The van der Waals surface area contributed by atoms with Crippen LogP contribution in [0.4, 0.5) is 4.79 Å². The summed E-state index contributed by atoms with van der Waals surface area (Å²) in [5.41, 5.74) is 0.855. The Morgan fingerprint density at radius 1 is 1.32 bits per heavy atom. The minimum Gasteiger partial charge on any atom is -0.445 e. The number of rotatable bonds is 6. The summed E-state index contributed by atoms with van der Waals surface area (Å²) in [5, 5.41) is 11.8. The van der Waals surface area contributed by atoms with Gasteiger partial charge in [-0.2, -0.15) is 0 Å². The molecule has 2 unspecified atom stereocenters. The SMILES string of the molecule is CCC(=O)C(NC(=O)OCc1ccccc1)C(C)O. The Bertz CT molecular complexity index is 417. The van der Waals surface area contributed by atoms with Crippen LogP contribution in [0.1, 0.15) is 25.8 Å². The molecule has 0 fully saturated rings. The highest BCUT2D eigenvalue weighted by Gasteiger charge is 2.24. The molecule has 1 aromatic carbocycles. The summed E-state index contributed by atoms with van der Waals surface area (Å²) in [6.45, 7) is 3.25. The number of aliphatic hydroxyl groups is 1. The molecule has 0 heterocycles. The summed E-state index contributed by atoms with van der Waals surface area (Å²) in [6, 6.07) is 8.29. The Morgan fingerprint density at radius 2 is 1.95 bits per heavy atom. The third-order valence-corrected chi connectivity index (χ3v) is 2.66. The van der Waals surface area contributed by atoms with Crippen molar-refractivity contribution < 1.29 is 19.4 Å². The predicted octanol–water partition coefficient (Wildman–Crippen LogP) is 1.64. The van der Waals surface area contributed by atoms with Gasteiger partial charge in [-0.05, 0) is 12.5 Å². The molecule has 0 aliphatic heterocycles. The van der Waals surface area contributed by atoms with Crippen LogP contribution in [0, 0.1) is 0 Å². The van der Waals surface area contributed by atoms with Crippen molar-refractivity contribution in [2.45, 2.75) is 39.0 Å². The maximum Gasteiger partial charge on any atom is 0.408 e. The van der Waals surface area contributed by atoms with Crippen molar-refractivity contribution in [2.24, 2.45) is 0 Å². The lowest BCUT2D eigenvalue weighted by Gasteiger charge is -2.19. The Morgan fingerprint density at radius 3 is 2.47 bits per heavy atom. The van der Waals surface area contributed by atoms with Crippen LogP contribution in [-0.4, -0.2) is 29.1 Å². The monoisotopic (exact) mass is 265 g/mol. The van der Waals surface area contributed by atoms with Gasteiger partial charge in [-0.3, -0.25) is 4.79 Å². The number of carbonyl (C=O) groups is 2. The number of hydrogen-bond donors (Lipinski definition) is 2. The topological polar surface area (TPSA) is 75.6 Å². The number of ketones is 1. The summed E-state index contributed by atoms with van der Waals surface area (Å²) in [6.07, 6.45) is -1.41. The van der Waals surface area contributed by atoms with Crippen LogP contribution in [0.3, 0.4) is 0 Å². The first-order valence-electron chi connectivity index (χ1n) is 6.22. The highest BCUT2D eigenvalue weighted by atomic mass is 16.5. The summed E-state index contributed by atoms with van der Waals surface area (Å²) in [4.78, 5) is 23.1. The molecular formula is C14H19NO4. The van der Waals surface area contributed by atoms with Crippen LogP contribution < -0.4 is 5.32 Å². The minimum absolute atomic E-state index is 0.125. The number of hydrogen-bond acceptors (Lipinski definition) is 4. The van der Waals surface area contributed by atoms with Gasteiger partial charge in [-0.1, -0.05) is 37.3 Å². The fourth-order valence-electron chi connectivity index (χ4n) is 1.58. The number of aliphatic hydroxyl groups excluding tert-OH is 1. The lowest BCUT2D eigenvalue weighted by Crippen LogP contribution is -2.47. The summed E-state index contributed by atoms with van der Waals surface area (Å²) in [7, 11) is 0.